The highest BCUT2D eigenvalue weighted by Crippen LogP contribution is 2.34. The van der Waals surface area contributed by atoms with Crippen molar-refractivity contribution in [3.8, 4) is 0 Å². The van der Waals surface area contributed by atoms with Crippen molar-refractivity contribution < 1.29 is 0 Å². The van der Waals surface area contributed by atoms with E-state index in [0.29, 0.717) is 6.04 Å². The number of aromatic nitrogens is 1. The third kappa shape index (κ3) is 1.91. The van der Waals surface area contributed by atoms with Crippen LogP contribution in [0.2, 0.25) is 0 Å². The van der Waals surface area contributed by atoms with Gasteiger partial charge in [0.05, 0.1) is 5.69 Å². The predicted octanol–water partition coefficient (Wildman–Crippen LogP) is 2.10. The van der Waals surface area contributed by atoms with Crippen LogP contribution in [0.25, 0.3) is 0 Å². The van der Waals surface area contributed by atoms with Gasteiger partial charge in [-0.05, 0) is 32.2 Å². The third-order valence-electron chi connectivity index (χ3n) is 2.61. The van der Waals surface area contributed by atoms with Gasteiger partial charge in [0, 0.05) is 10.9 Å². The van der Waals surface area contributed by atoms with Crippen molar-refractivity contribution in [1.29, 1.82) is 0 Å². The minimum Gasteiger partial charge on any atom is -0.375 e. The Hall–Kier alpha value is -0.610. The van der Waals surface area contributed by atoms with Crippen LogP contribution in [0.4, 0.5) is 5.13 Å². The van der Waals surface area contributed by atoms with E-state index in [2.05, 4.69) is 17.2 Å². The summed E-state index contributed by atoms with van der Waals surface area (Å²) >= 11 is 1.65. The van der Waals surface area contributed by atoms with Crippen molar-refractivity contribution in [3.63, 3.8) is 0 Å². The Morgan fingerprint density at radius 3 is 3.29 bits per heavy atom. The molecule has 0 spiro atoms. The number of nitrogens with two attached hydrogens (primary N) is 1. The van der Waals surface area contributed by atoms with Gasteiger partial charge >= 0.3 is 0 Å². The molecule has 2 rings (SSSR count). The van der Waals surface area contributed by atoms with E-state index in [1.165, 1.54) is 29.8 Å². The van der Waals surface area contributed by atoms with Crippen LogP contribution in [0.15, 0.2) is 0 Å². The molecule has 3 N–H and O–H groups in total. The van der Waals surface area contributed by atoms with Gasteiger partial charge in [0.2, 0.25) is 0 Å². The van der Waals surface area contributed by atoms with Crippen LogP contribution in [0.3, 0.4) is 0 Å². The Bertz CT molecular complexity index is 308. The minimum absolute atomic E-state index is 0.508. The molecular formula is C10H17N3S. The van der Waals surface area contributed by atoms with E-state index in [-0.39, 0.29) is 0 Å². The topological polar surface area (TPSA) is 50.9 Å². The average molecular weight is 211 g/mol. The molecule has 78 valence electrons. The van der Waals surface area contributed by atoms with Gasteiger partial charge in [-0.15, -0.1) is 11.3 Å². The molecule has 1 heterocycles. The highest BCUT2D eigenvalue weighted by molar-refractivity contribution is 7.15. The Morgan fingerprint density at radius 2 is 2.50 bits per heavy atom. The van der Waals surface area contributed by atoms with Crippen LogP contribution in [-0.2, 0) is 6.42 Å². The number of anilines is 1. The maximum Gasteiger partial charge on any atom is 0.180 e. The van der Waals surface area contributed by atoms with Gasteiger partial charge in [0.15, 0.2) is 5.13 Å². The number of nitrogen functional groups attached to an aromatic ring is 1. The van der Waals surface area contributed by atoms with Crippen LogP contribution in [-0.4, -0.2) is 11.5 Å². The van der Waals surface area contributed by atoms with E-state index in [1.807, 2.05) is 0 Å². The molecule has 1 atom stereocenters. The van der Waals surface area contributed by atoms with Gasteiger partial charge in [-0.25, -0.2) is 4.98 Å². The van der Waals surface area contributed by atoms with E-state index >= 15 is 0 Å². The first-order valence-corrected chi connectivity index (χ1v) is 6.11. The van der Waals surface area contributed by atoms with Crippen molar-refractivity contribution >= 4 is 16.5 Å². The largest absolute Gasteiger partial charge is 0.375 e. The highest BCUT2D eigenvalue weighted by Gasteiger charge is 2.23. The molecule has 1 aromatic heterocycles. The molecule has 0 aliphatic heterocycles. The van der Waals surface area contributed by atoms with Crippen LogP contribution in [0.1, 0.15) is 42.8 Å². The summed E-state index contributed by atoms with van der Waals surface area (Å²) in [4.78, 5) is 5.74. The molecule has 1 aliphatic carbocycles. The Labute approximate surface area is 88.7 Å². The van der Waals surface area contributed by atoms with Crippen LogP contribution in [0, 0.1) is 0 Å². The normalized spacial score (nSPS) is 20.8. The monoisotopic (exact) mass is 211 g/mol. The predicted molar refractivity (Wildman–Crippen MR) is 60.5 cm³/mol. The first kappa shape index (κ1) is 9.93. The van der Waals surface area contributed by atoms with E-state index in [0.717, 1.165) is 18.1 Å². The quantitative estimate of drug-likeness (QED) is 0.805. The fraction of sp³-hybridized carbons (Fsp3) is 0.700. The Morgan fingerprint density at radius 1 is 1.64 bits per heavy atom. The minimum atomic E-state index is 0.508. The summed E-state index contributed by atoms with van der Waals surface area (Å²) in [5.74, 6) is 0. The van der Waals surface area contributed by atoms with Crippen molar-refractivity contribution in [2.24, 2.45) is 0 Å². The number of hydrogen-bond donors (Lipinski definition) is 2. The van der Waals surface area contributed by atoms with E-state index in [1.54, 1.807) is 11.3 Å². The molecule has 14 heavy (non-hydrogen) atoms. The SMILES string of the molecule is CCCNC1CCCc2nc(N)sc21. The summed E-state index contributed by atoms with van der Waals surface area (Å²) in [6.07, 6.45) is 4.75. The zero-order valence-electron chi connectivity index (χ0n) is 8.55. The molecule has 3 nitrogen and oxygen atoms in total. The number of thiazole rings is 1. The summed E-state index contributed by atoms with van der Waals surface area (Å²) in [5, 5.41) is 4.28. The Balaban J connectivity index is 2.13. The van der Waals surface area contributed by atoms with E-state index in [4.69, 9.17) is 5.73 Å². The van der Waals surface area contributed by atoms with E-state index in [9.17, 15) is 0 Å². The maximum absolute atomic E-state index is 5.73. The lowest BCUT2D eigenvalue weighted by Gasteiger charge is -2.22. The molecule has 1 unspecified atom stereocenters. The van der Waals surface area contributed by atoms with Crippen molar-refractivity contribution in [3.05, 3.63) is 10.6 Å². The number of rotatable bonds is 3. The fourth-order valence-electron chi connectivity index (χ4n) is 1.95. The van der Waals surface area contributed by atoms with Gasteiger partial charge < -0.3 is 11.1 Å². The summed E-state index contributed by atoms with van der Waals surface area (Å²) in [5.41, 5.74) is 6.96. The lowest BCUT2D eigenvalue weighted by Crippen LogP contribution is -2.24. The van der Waals surface area contributed by atoms with Crippen LogP contribution in [0.5, 0.6) is 0 Å². The smallest absolute Gasteiger partial charge is 0.180 e. The van der Waals surface area contributed by atoms with Gasteiger partial charge in [-0.2, -0.15) is 0 Å². The molecule has 0 fully saturated rings. The standard InChI is InChI=1S/C10H17N3S/c1-2-6-12-7-4-3-5-8-9(7)14-10(11)13-8/h7,12H,2-6H2,1H3,(H2,11,13). The molecule has 0 saturated carbocycles. The van der Waals surface area contributed by atoms with Gasteiger partial charge in [-0.1, -0.05) is 6.92 Å². The lowest BCUT2D eigenvalue weighted by molar-refractivity contribution is 0.465. The summed E-state index contributed by atoms with van der Waals surface area (Å²) < 4.78 is 0. The second kappa shape index (κ2) is 4.28. The molecule has 0 bridgehead atoms. The summed E-state index contributed by atoms with van der Waals surface area (Å²) in [7, 11) is 0. The number of fused-ring (bicyclic) bond motifs is 1. The highest BCUT2D eigenvalue weighted by atomic mass is 32.1. The summed E-state index contributed by atoms with van der Waals surface area (Å²) in [6.45, 7) is 3.28. The van der Waals surface area contributed by atoms with Crippen LogP contribution < -0.4 is 11.1 Å². The molecule has 0 aromatic carbocycles. The second-order valence-electron chi connectivity index (χ2n) is 3.76. The van der Waals surface area contributed by atoms with Crippen molar-refractivity contribution in [2.75, 3.05) is 12.3 Å². The molecule has 0 saturated heterocycles. The van der Waals surface area contributed by atoms with Crippen molar-refractivity contribution in [1.82, 2.24) is 10.3 Å². The number of nitrogens with one attached hydrogen (secondary N) is 1. The van der Waals surface area contributed by atoms with Gasteiger partial charge in [-0.3, -0.25) is 0 Å². The van der Waals surface area contributed by atoms with Crippen molar-refractivity contribution in [2.45, 2.75) is 38.6 Å². The summed E-state index contributed by atoms with van der Waals surface area (Å²) in [6, 6.07) is 0.508. The molecule has 0 amide bonds. The van der Waals surface area contributed by atoms with Gasteiger partial charge in [0.25, 0.3) is 0 Å². The number of aryl methyl sites for hydroxylation is 1. The molecular weight excluding hydrogens is 194 g/mol. The Kier molecular flexibility index (Phi) is 3.03. The zero-order valence-corrected chi connectivity index (χ0v) is 9.36. The number of hydrogen-bond acceptors (Lipinski definition) is 4. The fourth-order valence-corrected chi connectivity index (χ4v) is 2.94. The average Bonchev–Trinajstić information content (AvgIpc) is 2.55. The first-order valence-electron chi connectivity index (χ1n) is 5.29. The molecule has 0 radical (unpaired) electrons. The lowest BCUT2D eigenvalue weighted by atomic mass is 9.98. The van der Waals surface area contributed by atoms with Crippen LogP contribution >= 0.6 is 11.3 Å². The first-order chi connectivity index (χ1) is 6.81. The molecule has 1 aromatic rings. The zero-order chi connectivity index (χ0) is 9.97. The van der Waals surface area contributed by atoms with Gasteiger partial charge in [0.1, 0.15) is 0 Å². The third-order valence-corrected chi connectivity index (χ3v) is 3.65. The van der Waals surface area contributed by atoms with E-state index < -0.39 is 0 Å². The molecule has 4 heteroatoms. The maximum atomic E-state index is 5.73. The molecule has 1 aliphatic rings. The second-order valence-corrected chi connectivity index (χ2v) is 4.82. The number of nitrogens with zero attached hydrogens (tertiary/aromatic N) is 1.